The molecule has 0 bridgehead atoms. The Morgan fingerprint density at radius 2 is 1.92 bits per heavy atom. The van der Waals surface area contributed by atoms with E-state index in [0.717, 1.165) is 57.8 Å². The Hall–Kier alpha value is -1.73. The molecular formula is C19H29N5O2. The lowest BCUT2D eigenvalue weighted by Crippen LogP contribution is -2.44. The van der Waals surface area contributed by atoms with Gasteiger partial charge in [-0.1, -0.05) is 6.92 Å². The summed E-state index contributed by atoms with van der Waals surface area (Å²) in [5.74, 6) is 2.01. The average molecular weight is 359 g/mol. The first-order valence-electron chi connectivity index (χ1n) is 9.79. The van der Waals surface area contributed by atoms with Crippen LogP contribution >= 0.6 is 0 Å². The summed E-state index contributed by atoms with van der Waals surface area (Å²) in [6.07, 6.45) is 3.29. The molecular weight excluding hydrogens is 330 g/mol. The molecule has 7 heteroatoms. The van der Waals surface area contributed by atoms with E-state index in [1.54, 1.807) is 6.20 Å². The van der Waals surface area contributed by atoms with Gasteiger partial charge >= 0.3 is 0 Å². The largest absolute Gasteiger partial charge is 0.393 e. The number of nitrogens with one attached hydrogen (secondary N) is 1. The highest BCUT2D eigenvalue weighted by atomic mass is 16.3. The van der Waals surface area contributed by atoms with Crippen molar-refractivity contribution in [1.82, 2.24) is 20.2 Å². The normalized spacial score (nSPS) is 31.8. The van der Waals surface area contributed by atoms with Gasteiger partial charge in [0.1, 0.15) is 0 Å². The number of carbonyl (C=O) groups excluding carboxylic acids is 1. The summed E-state index contributed by atoms with van der Waals surface area (Å²) in [6, 6.07) is 0. The van der Waals surface area contributed by atoms with Crippen molar-refractivity contribution in [2.45, 2.75) is 32.8 Å². The first-order chi connectivity index (χ1) is 12.5. The highest BCUT2D eigenvalue weighted by molar-refractivity contribution is 5.95. The fourth-order valence-corrected chi connectivity index (χ4v) is 4.67. The molecule has 26 heavy (non-hydrogen) atoms. The predicted molar refractivity (Wildman–Crippen MR) is 99.1 cm³/mol. The Kier molecular flexibility index (Phi) is 4.84. The lowest BCUT2D eigenvalue weighted by molar-refractivity contribution is 0.0383. The van der Waals surface area contributed by atoms with E-state index < -0.39 is 0 Å². The molecule has 3 fully saturated rings. The first-order valence-corrected chi connectivity index (χ1v) is 9.79. The third kappa shape index (κ3) is 3.30. The lowest BCUT2D eigenvalue weighted by Gasteiger charge is -2.32. The van der Waals surface area contributed by atoms with E-state index in [1.165, 1.54) is 0 Å². The van der Waals surface area contributed by atoms with Crippen molar-refractivity contribution in [3.05, 3.63) is 17.5 Å². The summed E-state index contributed by atoms with van der Waals surface area (Å²) in [7, 11) is 0. The molecule has 3 heterocycles. The fraction of sp³-hybridized carbons (Fsp3) is 0.737. The predicted octanol–water partition coefficient (Wildman–Crippen LogP) is 0.674. The molecule has 0 radical (unpaired) electrons. The summed E-state index contributed by atoms with van der Waals surface area (Å²) in [5.41, 5.74) is 1.36. The number of nitrogens with zero attached hydrogens (tertiary/aromatic N) is 4. The SMILES string of the molecule is Cc1nc(N2CCNCC2)ncc1C(=O)N1CC2CC(C)C(O)CC2C1. The van der Waals surface area contributed by atoms with Crippen LogP contribution in [0.2, 0.25) is 0 Å². The highest BCUT2D eigenvalue weighted by Gasteiger charge is 2.42. The molecule has 1 aliphatic carbocycles. The second-order valence-corrected chi connectivity index (χ2v) is 8.15. The molecule has 0 spiro atoms. The highest BCUT2D eigenvalue weighted by Crippen LogP contribution is 2.39. The number of hydrogen-bond donors (Lipinski definition) is 2. The van der Waals surface area contributed by atoms with Gasteiger partial charge < -0.3 is 20.2 Å². The van der Waals surface area contributed by atoms with Crippen molar-refractivity contribution in [2.24, 2.45) is 17.8 Å². The molecule has 2 aliphatic heterocycles. The molecule has 2 N–H and O–H groups in total. The smallest absolute Gasteiger partial charge is 0.257 e. The molecule has 7 nitrogen and oxygen atoms in total. The second-order valence-electron chi connectivity index (χ2n) is 8.15. The van der Waals surface area contributed by atoms with Crippen molar-refractivity contribution in [2.75, 3.05) is 44.2 Å². The van der Waals surface area contributed by atoms with Gasteiger partial charge in [0.25, 0.3) is 5.91 Å². The molecule has 0 aromatic carbocycles. The van der Waals surface area contributed by atoms with Gasteiger partial charge in [0.2, 0.25) is 5.95 Å². The number of aromatic nitrogens is 2. The molecule has 1 saturated carbocycles. The molecule has 1 aromatic rings. The Morgan fingerprint density at radius 3 is 2.62 bits per heavy atom. The van der Waals surface area contributed by atoms with Crippen LogP contribution in [0.15, 0.2) is 6.20 Å². The van der Waals surface area contributed by atoms with Crippen LogP contribution in [-0.2, 0) is 0 Å². The number of carbonyl (C=O) groups is 1. The third-order valence-corrected chi connectivity index (χ3v) is 6.34. The Balaban J connectivity index is 1.46. The number of aryl methyl sites for hydroxylation is 1. The number of piperazine rings is 1. The number of fused-ring (bicyclic) bond motifs is 1. The van der Waals surface area contributed by atoms with Crippen LogP contribution in [-0.4, -0.2) is 71.3 Å². The molecule has 142 valence electrons. The van der Waals surface area contributed by atoms with Crippen LogP contribution < -0.4 is 10.2 Å². The molecule has 1 aromatic heterocycles. The minimum absolute atomic E-state index is 0.0332. The van der Waals surface area contributed by atoms with Crippen molar-refractivity contribution in [3.63, 3.8) is 0 Å². The van der Waals surface area contributed by atoms with Crippen molar-refractivity contribution in [1.29, 1.82) is 0 Å². The maximum absolute atomic E-state index is 13.0. The molecule has 2 saturated heterocycles. The van der Waals surface area contributed by atoms with E-state index in [1.807, 2.05) is 11.8 Å². The number of aliphatic hydroxyl groups excluding tert-OH is 1. The quantitative estimate of drug-likeness (QED) is 0.808. The summed E-state index contributed by atoms with van der Waals surface area (Å²) in [4.78, 5) is 26.2. The maximum atomic E-state index is 13.0. The minimum atomic E-state index is -0.227. The van der Waals surface area contributed by atoms with Gasteiger partial charge in [-0.15, -0.1) is 0 Å². The second kappa shape index (κ2) is 7.12. The van der Waals surface area contributed by atoms with E-state index in [9.17, 15) is 9.90 Å². The van der Waals surface area contributed by atoms with Crippen LogP contribution in [0.3, 0.4) is 0 Å². The van der Waals surface area contributed by atoms with Gasteiger partial charge in [0.15, 0.2) is 0 Å². The zero-order valence-corrected chi connectivity index (χ0v) is 15.7. The molecule has 1 amide bonds. The summed E-state index contributed by atoms with van der Waals surface area (Å²) < 4.78 is 0. The van der Waals surface area contributed by atoms with E-state index in [-0.39, 0.29) is 12.0 Å². The van der Waals surface area contributed by atoms with Crippen LogP contribution in [0.5, 0.6) is 0 Å². The number of hydrogen-bond acceptors (Lipinski definition) is 6. The van der Waals surface area contributed by atoms with E-state index >= 15 is 0 Å². The van der Waals surface area contributed by atoms with Gasteiger partial charge in [-0.25, -0.2) is 9.97 Å². The summed E-state index contributed by atoms with van der Waals surface area (Å²) in [5, 5.41) is 13.5. The molecule has 4 unspecified atom stereocenters. The number of amides is 1. The van der Waals surface area contributed by atoms with Crippen molar-refractivity contribution >= 4 is 11.9 Å². The number of anilines is 1. The average Bonchev–Trinajstić information content (AvgIpc) is 3.05. The third-order valence-electron chi connectivity index (χ3n) is 6.34. The Bertz CT molecular complexity index is 658. The van der Waals surface area contributed by atoms with E-state index in [4.69, 9.17) is 0 Å². The van der Waals surface area contributed by atoms with Gasteiger partial charge in [-0.05, 0) is 37.5 Å². The Morgan fingerprint density at radius 1 is 1.23 bits per heavy atom. The van der Waals surface area contributed by atoms with Crippen LogP contribution in [0.25, 0.3) is 0 Å². The van der Waals surface area contributed by atoms with Gasteiger partial charge in [-0.2, -0.15) is 0 Å². The van der Waals surface area contributed by atoms with Gasteiger partial charge in [0.05, 0.1) is 17.4 Å². The lowest BCUT2D eigenvalue weighted by atomic mass is 9.75. The minimum Gasteiger partial charge on any atom is -0.393 e. The van der Waals surface area contributed by atoms with E-state index in [2.05, 4.69) is 27.1 Å². The summed E-state index contributed by atoms with van der Waals surface area (Å²) >= 11 is 0. The zero-order chi connectivity index (χ0) is 18.3. The standard InChI is InChI=1S/C19H29N5O2/c1-12-7-14-10-24(11-15(14)8-17(12)25)18(26)16-9-21-19(22-13(16)2)23-5-3-20-4-6-23/h9,12,14-15,17,20,25H,3-8,10-11H2,1-2H3. The zero-order valence-electron chi connectivity index (χ0n) is 15.7. The molecule has 4 rings (SSSR count). The van der Waals surface area contributed by atoms with Crippen molar-refractivity contribution < 1.29 is 9.90 Å². The first kappa shape index (κ1) is 17.7. The fourth-order valence-electron chi connectivity index (χ4n) is 4.67. The van der Waals surface area contributed by atoms with Crippen LogP contribution in [0.1, 0.15) is 35.8 Å². The van der Waals surface area contributed by atoms with E-state index in [0.29, 0.717) is 29.3 Å². The maximum Gasteiger partial charge on any atom is 0.257 e. The number of rotatable bonds is 2. The van der Waals surface area contributed by atoms with Crippen LogP contribution in [0, 0.1) is 24.7 Å². The Labute approximate surface area is 154 Å². The van der Waals surface area contributed by atoms with Crippen LogP contribution in [0.4, 0.5) is 5.95 Å². The number of likely N-dealkylation sites (tertiary alicyclic amines) is 1. The van der Waals surface area contributed by atoms with Crippen molar-refractivity contribution in [3.8, 4) is 0 Å². The molecule has 4 atom stereocenters. The van der Waals surface area contributed by atoms with Gasteiger partial charge in [-0.3, -0.25) is 4.79 Å². The van der Waals surface area contributed by atoms with Gasteiger partial charge in [0, 0.05) is 45.5 Å². The molecule has 3 aliphatic rings. The number of aliphatic hydroxyl groups is 1. The summed E-state index contributed by atoms with van der Waals surface area (Å²) in [6.45, 7) is 9.19. The monoisotopic (exact) mass is 359 g/mol. The topological polar surface area (TPSA) is 81.6 Å².